The van der Waals surface area contributed by atoms with Gasteiger partial charge in [0.2, 0.25) is 0 Å². The summed E-state index contributed by atoms with van der Waals surface area (Å²) in [4.78, 5) is 0. The number of hydrogen-bond donors (Lipinski definition) is 2. The van der Waals surface area contributed by atoms with Crippen molar-refractivity contribution in [1.82, 2.24) is 5.32 Å². The molecular formula is C16H21F3N2. The molecule has 1 heterocycles. The van der Waals surface area contributed by atoms with Crippen LogP contribution in [0.25, 0.3) is 0 Å². The summed E-state index contributed by atoms with van der Waals surface area (Å²) in [6, 6.07) is 1.93. The van der Waals surface area contributed by atoms with E-state index in [1.54, 1.807) is 0 Å². The Labute approximate surface area is 123 Å². The molecule has 1 aromatic rings. The Morgan fingerprint density at radius 1 is 0.952 bits per heavy atom. The van der Waals surface area contributed by atoms with Gasteiger partial charge in [-0.05, 0) is 38.1 Å². The molecule has 0 bridgehead atoms. The summed E-state index contributed by atoms with van der Waals surface area (Å²) >= 11 is 0. The fourth-order valence-electron chi connectivity index (χ4n) is 3.76. The minimum Gasteiger partial charge on any atom is -0.377 e. The van der Waals surface area contributed by atoms with Crippen LogP contribution in [0.15, 0.2) is 12.1 Å². The van der Waals surface area contributed by atoms with Crippen molar-refractivity contribution in [3.63, 3.8) is 0 Å². The molecule has 21 heavy (non-hydrogen) atoms. The molecule has 2 aliphatic rings. The van der Waals surface area contributed by atoms with E-state index in [1.807, 2.05) is 0 Å². The first kappa shape index (κ1) is 14.7. The predicted molar refractivity (Wildman–Crippen MR) is 76.7 cm³/mol. The van der Waals surface area contributed by atoms with E-state index in [-0.39, 0.29) is 11.7 Å². The second-order valence-electron chi connectivity index (χ2n) is 6.15. The Morgan fingerprint density at radius 2 is 1.71 bits per heavy atom. The van der Waals surface area contributed by atoms with Gasteiger partial charge in [-0.15, -0.1) is 0 Å². The summed E-state index contributed by atoms with van der Waals surface area (Å²) in [5.74, 6) is -2.20. The van der Waals surface area contributed by atoms with Gasteiger partial charge in [0.15, 0.2) is 11.6 Å². The molecule has 3 unspecified atom stereocenters. The highest BCUT2D eigenvalue weighted by molar-refractivity contribution is 5.47. The zero-order chi connectivity index (χ0) is 14.8. The first-order valence-corrected chi connectivity index (χ1v) is 7.79. The van der Waals surface area contributed by atoms with Gasteiger partial charge in [-0.2, -0.15) is 0 Å². The minimum absolute atomic E-state index is 0.0510. The van der Waals surface area contributed by atoms with Gasteiger partial charge in [0.1, 0.15) is 11.5 Å². The summed E-state index contributed by atoms with van der Waals surface area (Å²) < 4.78 is 40.5. The van der Waals surface area contributed by atoms with E-state index in [0.29, 0.717) is 12.0 Å². The Balaban J connectivity index is 1.74. The predicted octanol–water partition coefficient (Wildman–Crippen LogP) is 3.83. The van der Waals surface area contributed by atoms with Crippen molar-refractivity contribution in [2.75, 3.05) is 11.9 Å². The number of benzene rings is 1. The SMILES string of the molecule is Fc1cc(F)c(NC2CCCC2C2CCCCN2)c(F)c1. The summed E-state index contributed by atoms with van der Waals surface area (Å²) in [6.45, 7) is 1.02. The molecule has 1 saturated carbocycles. The van der Waals surface area contributed by atoms with E-state index in [2.05, 4.69) is 10.6 Å². The molecule has 3 atom stereocenters. The van der Waals surface area contributed by atoms with Crippen molar-refractivity contribution < 1.29 is 13.2 Å². The first-order chi connectivity index (χ1) is 10.1. The van der Waals surface area contributed by atoms with Crippen molar-refractivity contribution in [3.05, 3.63) is 29.6 Å². The van der Waals surface area contributed by atoms with E-state index < -0.39 is 17.5 Å². The van der Waals surface area contributed by atoms with Crippen molar-refractivity contribution in [2.45, 2.75) is 50.6 Å². The molecule has 0 amide bonds. The monoisotopic (exact) mass is 298 g/mol. The van der Waals surface area contributed by atoms with Crippen LogP contribution in [0.1, 0.15) is 38.5 Å². The highest BCUT2D eigenvalue weighted by Gasteiger charge is 2.35. The van der Waals surface area contributed by atoms with Gasteiger partial charge in [0.25, 0.3) is 0 Å². The van der Waals surface area contributed by atoms with Crippen molar-refractivity contribution in [2.24, 2.45) is 5.92 Å². The molecule has 0 spiro atoms. The molecule has 5 heteroatoms. The average molecular weight is 298 g/mol. The molecule has 1 aliphatic carbocycles. The zero-order valence-corrected chi connectivity index (χ0v) is 12.0. The lowest BCUT2D eigenvalue weighted by Gasteiger charge is -2.33. The Morgan fingerprint density at radius 3 is 2.38 bits per heavy atom. The third kappa shape index (κ3) is 3.18. The minimum atomic E-state index is -0.882. The number of rotatable bonds is 3. The highest BCUT2D eigenvalue weighted by atomic mass is 19.1. The van der Waals surface area contributed by atoms with Gasteiger partial charge in [0.05, 0.1) is 0 Å². The fourth-order valence-corrected chi connectivity index (χ4v) is 3.76. The summed E-state index contributed by atoms with van der Waals surface area (Å²) in [7, 11) is 0. The first-order valence-electron chi connectivity index (χ1n) is 7.79. The third-order valence-corrected chi connectivity index (χ3v) is 4.77. The summed E-state index contributed by atoms with van der Waals surface area (Å²) in [5.41, 5.74) is -0.191. The van der Waals surface area contributed by atoms with Crippen LogP contribution in [0.3, 0.4) is 0 Å². The Hall–Kier alpha value is -1.23. The van der Waals surface area contributed by atoms with Gasteiger partial charge in [0, 0.05) is 24.2 Å². The largest absolute Gasteiger partial charge is 0.377 e. The molecule has 2 N–H and O–H groups in total. The van der Waals surface area contributed by atoms with Crippen LogP contribution >= 0.6 is 0 Å². The summed E-state index contributed by atoms with van der Waals surface area (Å²) in [6.07, 6.45) is 6.56. The van der Waals surface area contributed by atoms with Crippen LogP contribution in [0.2, 0.25) is 0 Å². The lowest BCUT2D eigenvalue weighted by atomic mass is 9.88. The Bertz CT molecular complexity index is 477. The van der Waals surface area contributed by atoms with Gasteiger partial charge in [-0.3, -0.25) is 0 Å². The van der Waals surface area contributed by atoms with Crippen LogP contribution in [0.4, 0.5) is 18.9 Å². The second-order valence-corrected chi connectivity index (χ2v) is 6.15. The lowest BCUT2D eigenvalue weighted by Crippen LogP contribution is -2.44. The van der Waals surface area contributed by atoms with E-state index in [4.69, 9.17) is 0 Å². The third-order valence-electron chi connectivity index (χ3n) is 4.77. The van der Waals surface area contributed by atoms with E-state index in [0.717, 1.165) is 44.4 Å². The van der Waals surface area contributed by atoms with Crippen molar-refractivity contribution >= 4 is 5.69 Å². The number of piperidine rings is 1. The standard InChI is InChI=1S/C16H21F3N2/c17-10-8-12(18)16(13(19)9-10)21-15-6-3-4-11(15)14-5-1-2-7-20-14/h8-9,11,14-15,20-21H,1-7H2. The van der Waals surface area contributed by atoms with E-state index >= 15 is 0 Å². The molecule has 2 nitrogen and oxygen atoms in total. The molecule has 0 radical (unpaired) electrons. The van der Waals surface area contributed by atoms with Gasteiger partial charge < -0.3 is 10.6 Å². The number of halogens is 3. The van der Waals surface area contributed by atoms with Gasteiger partial charge in [-0.25, -0.2) is 13.2 Å². The van der Waals surface area contributed by atoms with E-state index in [1.165, 1.54) is 12.8 Å². The molecular weight excluding hydrogens is 277 g/mol. The van der Waals surface area contributed by atoms with Crippen LogP contribution in [0, 0.1) is 23.4 Å². The maximum atomic E-state index is 13.8. The maximum Gasteiger partial charge on any atom is 0.152 e. The lowest BCUT2D eigenvalue weighted by molar-refractivity contribution is 0.286. The average Bonchev–Trinajstić information content (AvgIpc) is 2.92. The summed E-state index contributed by atoms with van der Waals surface area (Å²) in [5, 5.41) is 6.52. The van der Waals surface area contributed by atoms with Crippen molar-refractivity contribution in [3.8, 4) is 0 Å². The van der Waals surface area contributed by atoms with E-state index in [9.17, 15) is 13.2 Å². The Kier molecular flexibility index (Phi) is 4.38. The molecule has 2 fully saturated rings. The quantitative estimate of drug-likeness (QED) is 0.886. The van der Waals surface area contributed by atoms with Gasteiger partial charge >= 0.3 is 0 Å². The number of anilines is 1. The molecule has 1 aliphatic heterocycles. The maximum absolute atomic E-state index is 13.8. The molecule has 1 aromatic carbocycles. The molecule has 0 aromatic heterocycles. The smallest absolute Gasteiger partial charge is 0.152 e. The topological polar surface area (TPSA) is 24.1 Å². The zero-order valence-electron chi connectivity index (χ0n) is 12.0. The van der Waals surface area contributed by atoms with Gasteiger partial charge in [-0.1, -0.05) is 12.8 Å². The van der Waals surface area contributed by atoms with Crippen LogP contribution in [-0.4, -0.2) is 18.6 Å². The fraction of sp³-hybridized carbons (Fsp3) is 0.625. The highest BCUT2D eigenvalue weighted by Crippen LogP contribution is 2.35. The van der Waals surface area contributed by atoms with Crippen LogP contribution < -0.4 is 10.6 Å². The van der Waals surface area contributed by atoms with Crippen LogP contribution in [-0.2, 0) is 0 Å². The molecule has 1 saturated heterocycles. The van der Waals surface area contributed by atoms with Crippen molar-refractivity contribution in [1.29, 1.82) is 0 Å². The molecule has 116 valence electrons. The second kappa shape index (κ2) is 6.26. The van der Waals surface area contributed by atoms with Crippen LogP contribution in [0.5, 0.6) is 0 Å². The normalized spacial score (nSPS) is 29.6. The molecule has 3 rings (SSSR count). The number of nitrogens with one attached hydrogen (secondary N) is 2. The number of hydrogen-bond acceptors (Lipinski definition) is 2.